The fraction of sp³-hybridized carbons (Fsp3) is 0.818. The standard InChI is InChI=1S/C11H21N5O/c1-2-13-11(15-12)16-6-5-9-8(7-16)3-4-10(17)14-9/h8-9H,2-7,12H2,1H3,(H,13,15)(H,14,17). The van der Waals surface area contributed by atoms with Crippen LogP contribution in [0.25, 0.3) is 0 Å². The molecule has 2 heterocycles. The Morgan fingerprint density at radius 3 is 3.18 bits per heavy atom. The second kappa shape index (κ2) is 5.35. The molecule has 2 aliphatic heterocycles. The quantitative estimate of drug-likeness (QED) is 0.248. The van der Waals surface area contributed by atoms with Crippen molar-refractivity contribution in [2.45, 2.75) is 32.2 Å². The lowest BCUT2D eigenvalue weighted by molar-refractivity contribution is -0.125. The van der Waals surface area contributed by atoms with Crippen molar-refractivity contribution in [1.82, 2.24) is 15.6 Å². The van der Waals surface area contributed by atoms with Crippen LogP contribution in [0.1, 0.15) is 26.2 Å². The lowest BCUT2D eigenvalue weighted by Gasteiger charge is -2.42. The van der Waals surface area contributed by atoms with Crippen molar-refractivity contribution < 1.29 is 4.79 Å². The number of likely N-dealkylation sites (tertiary alicyclic amines) is 1. The highest BCUT2D eigenvalue weighted by Gasteiger charge is 2.34. The van der Waals surface area contributed by atoms with E-state index in [9.17, 15) is 4.79 Å². The Kier molecular flexibility index (Phi) is 3.83. The van der Waals surface area contributed by atoms with Gasteiger partial charge in [-0.15, -0.1) is 0 Å². The van der Waals surface area contributed by atoms with E-state index in [1.807, 2.05) is 6.92 Å². The fourth-order valence-electron chi connectivity index (χ4n) is 2.69. The normalized spacial score (nSPS) is 29.6. The van der Waals surface area contributed by atoms with Crippen LogP contribution in [0.15, 0.2) is 4.99 Å². The number of fused-ring (bicyclic) bond motifs is 1. The molecule has 6 heteroatoms. The number of nitrogens with one attached hydrogen (secondary N) is 2. The fourth-order valence-corrected chi connectivity index (χ4v) is 2.69. The zero-order valence-electron chi connectivity index (χ0n) is 10.3. The number of hydrogen-bond donors (Lipinski definition) is 3. The molecule has 2 rings (SSSR count). The Balaban J connectivity index is 1.98. The van der Waals surface area contributed by atoms with Crippen molar-refractivity contribution in [3.05, 3.63) is 0 Å². The first kappa shape index (κ1) is 12.2. The van der Waals surface area contributed by atoms with Crippen LogP contribution in [0.3, 0.4) is 0 Å². The topological polar surface area (TPSA) is 82.8 Å². The number of hydrogen-bond acceptors (Lipinski definition) is 3. The van der Waals surface area contributed by atoms with Gasteiger partial charge in [0.25, 0.3) is 0 Å². The van der Waals surface area contributed by atoms with E-state index >= 15 is 0 Å². The van der Waals surface area contributed by atoms with Crippen LogP contribution in [-0.4, -0.2) is 42.4 Å². The lowest BCUT2D eigenvalue weighted by atomic mass is 9.85. The molecule has 0 aliphatic carbocycles. The molecule has 17 heavy (non-hydrogen) atoms. The zero-order valence-corrected chi connectivity index (χ0v) is 10.3. The van der Waals surface area contributed by atoms with Gasteiger partial charge in [-0.2, -0.15) is 0 Å². The van der Waals surface area contributed by atoms with E-state index in [1.165, 1.54) is 0 Å². The summed E-state index contributed by atoms with van der Waals surface area (Å²) >= 11 is 0. The minimum atomic E-state index is 0.194. The average Bonchev–Trinajstić information content (AvgIpc) is 2.35. The van der Waals surface area contributed by atoms with Gasteiger partial charge in [0, 0.05) is 32.1 Å². The summed E-state index contributed by atoms with van der Waals surface area (Å²) in [4.78, 5) is 17.8. The van der Waals surface area contributed by atoms with Gasteiger partial charge in [0.1, 0.15) is 0 Å². The van der Waals surface area contributed by atoms with Gasteiger partial charge in [0.15, 0.2) is 0 Å². The van der Waals surface area contributed by atoms with Gasteiger partial charge < -0.3 is 10.2 Å². The summed E-state index contributed by atoms with van der Waals surface area (Å²) in [7, 11) is 0. The second-order valence-corrected chi connectivity index (χ2v) is 4.65. The Labute approximate surface area is 102 Å². The Morgan fingerprint density at radius 2 is 2.47 bits per heavy atom. The summed E-state index contributed by atoms with van der Waals surface area (Å²) in [6.07, 6.45) is 2.59. The molecule has 1 amide bonds. The van der Waals surface area contributed by atoms with E-state index in [0.29, 0.717) is 18.4 Å². The maximum Gasteiger partial charge on any atom is 0.220 e. The monoisotopic (exact) mass is 239 g/mol. The lowest BCUT2D eigenvalue weighted by Crippen LogP contribution is -2.57. The van der Waals surface area contributed by atoms with E-state index in [2.05, 4.69) is 20.6 Å². The van der Waals surface area contributed by atoms with E-state index in [4.69, 9.17) is 5.84 Å². The number of nitrogens with zero attached hydrogens (tertiary/aromatic N) is 2. The number of carbonyl (C=O) groups is 1. The third-order valence-electron chi connectivity index (χ3n) is 3.56. The van der Waals surface area contributed by atoms with Gasteiger partial charge in [-0.05, 0) is 25.7 Å². The first-order valence-electron chi connectivity index (χ1n) is 6.30. The Bertz CT molecular complexity index is 317. The predicted molar refractivity (Wildman–Crippen MR) is 66.1 cm³/mol. The van der Waals surface area contributed by atoms with Gasteiger partial charge >= 0.3 is 0 Å². The highest BCUT2D eigenvalue weighted by molar-refractivity contribution is 5.80. The molecule has 0 bridgehead atoms. The van der Waals surface area contributed by atoms with Crippen molar-refractivity contribution in [2.24, 2.45) is 16.8 Å². The molecule has 2 unspecified atom stereocenters. The third kappa shape index (κ3) is 2.69. The summed E-state index contributed by atoms with van der Waals surface area (Å²) in [6.45, 7) is 4.53. The average molecular weight is 239 g/mol. The van der Waals surface area contributed by atoms with Crippen LogP contribution in [0.2, 0.25) is 0 Å². The summed E-state index contributed by atoms with van der Waals surface area (Å²) in [5.74, 6) is 6.97. The molecule has 0 aromatic carbocycles. The molecule has 2 fully saturated rings. The third-order valence-corrected chi connectivity index (χ3v) is 3.56. The summed E-state index contributed by atoms with van der Waals surface area (Å²) < 4.78 is 0. The predicted octanol–water partition coefficient (Wildman–Crippen LogP) is -0.574. The van der Waals surface area contributed by atoms with Crippen molar-refractivity contribution in [1.29, 1.82) is 0 Å². The van der Waals surface area contributed by atoms with E-state index in [0.717, 1.165) is 38.4 Å². The zero-order chi connectivity index (χ0) is 12.3. The summed E-state index contributed by atoms with van der Waals surface area (Å²) in [5, 5.41) is 3.07. The van der Waals surface area contributed by atoms with Crippen molar-refractivity contribution in [3.63, 3.8) is 0 Å². The summed E-state index contributed by atoms with van der Waals surface area (Å²) in [5.41, 5.74) is 2.67. The molecule has 2 saturated heterocycles. The molecule has 0 aromatic rings. The second-order valence-electron chi connectivity index (χ2n) is 4.65. The molecule has 0 spiro atoms. The van der Waals surface area contributed by atoms with E-state index < -0.39 is 0 Å². The van der Waals surface area contributed by atoms with Crippen molar-refractivity contribution in [3.8, 4) is 0 Å². The molecule has 4 N–H and O–H groups in total. The van der Waals surface area contributed by atoms with E-state index in [1.54, 1.807) is 0 Å². The number of piperidine rings is 2. The number of nitrogens with two attached hydrogens (primary N) is 1. The maximum atomic E-state index is 11.3. The SMILES string of the molecule is CCN=C(NN)N1CCC2NC(=O)CCC2C1. The van der Waals surface area contributed by atoms with Gasteiger partial charge in [-0.1, -0.05) is 0 Å². The van der Waals surface area contributed by atoms with Crippen LogP contribution in [0.5, 0.6) is 0 Å². The molecule has 96 valence electrons. The van der Waals surface area contributed by atoms with E-state index in [-0.39, 0.29) is 5.91 Å². The number of guanidine groups is 1. The smallest absolute Gasteiger partial charge is 0.220 e. The maximum absolute atomic E-state index is 11.3. The van der Waals surface area contributed by atoms with Gasteiger partial charge in [0.2, 0.25) is 11.9 Å². The molecule has 2 atom stereocenters. The molecule has 0 saturated carbocycles. The minimum absolute atomic E-state index is 0.194. The highest BCUT2D eigenvalue weighted by Crippen LogP contribution is 2.25. The van der Waals surface area contributed by atoms with Gasteiger partial charge in [-0.25, -0.2) is 5.84 Å². The largest absolute Gasteiger partial charge is 0.353 e. The number of rotatable bonds is 1. The van der Waals surface area contributed by atoms with Crippen molar-refractivity contribution >= 4 is 11.9 Å². The molecular weight excluding hydrogens is 218 g/mol. The van der Waals surface area contributed by atoms with Crippen LogP contribution in [0, 0.1) is 5.92 Å². The van der Waals surface area contributed by atoms with Crippen LogP contribution in [0.4, 0.5) is 0 Å². The molecule has 2 aliphatic rings. The number of amides is 1. The highest BCUT2D eigenvalue weighted by atomic mass is 16.1. The van der Waals surface area contributed by atoms with Gasteiger partial charge in [-0.3, -0.25) is 15.2 Å². The number of hydrazine groups is 1. The Morgan fingerprint density at radius 1 is 1.65 bits per heavy atom. The van der Waals surface area contributed by atoms with Crippen LogP contribution >= 0.6 is 0 Å². The molecule has 0 radical (unpaired) electrons. The molecule has 0 aromatic heterocycles. The van der Waals surface area contributed by atoms with Crippen LogP contribution in [-0.2, 0) is 4.79 Å². The first-order chi connectivity index (χ1) is 8.24. The number of aliphatic imine (C=N–C) groups is 1. The molecular formula is C11H21N5O. The first-order valence-corrected chi connectivity index (χ1v) is 6.30. The van der Waals surface area contributed by atoms with Gasteiger partial charge in [0.05, 0.1) is 0 Å². The van der Waals surface area contributed by atoms with Crippen LogP contribution < -0.4 is 16.6 Å². The minimum Gasteiger partial charge on any atom is -0.353 e. The molecule has 6 nitrogen and oxygen atoms in total. The number of carbonyl (C=O) groups excluding carboxylic acids is 1. The Hall–Kier alpha value is -1.30. The van der Waals surface area contributed by atoms with Crippen molar-refractivity contribution in [2.75, 3.05) is 19.6 Å². The summed E-state index contributed by atoms with van der Waals surface area (Å²) in [6, 6.07) is 0.341.